The van der Waals surface area contributed by atoms with E-state index >= 15 is 0 Å². The summed E-state index contributed by atoms with van der Waals surface area (Å²) in [5.41, 5.74) is 1.39. The number of hydrogen-bond acceptors (Lipinski definition) is 6. The minimum absolute atomic E-state index is 0.163. The largest absolute Gasteiger partial charge is 0.362 e. The summed E-state index contributed by atoms with van der Waals surface area (Å²) in [6.45, 7) is 7.15. The summed E-state index contributed by atoms with van der Waals surface area (Å²) in [5, 5.41) is 19.7. The van der Waals surface area contributed by atoms with Gasteiger partial charge >= 0.3 is 5.69 Å². The SMILES string of the molecule is CCNc1ncc(Cn2nc(CC)c([N+](=O)[O-])c2CC)s1. The number of nitrogens with one attached hydrogen (secondary N) is 1. The molecule has 0 fully saturated rings. The molecule has 2 rings (SSSR count). The maximum Gasteiger partial charge on any atom is 0.313 e. The van der Waals surface area contributed by atoms with E-state index < -0.39 is 0 Å². The molecule has 0 amide bonds. The van der Waals surface area contributed by atoms with E-state index in [1.54, 1.807) is 22.2 Å². The van der Waals surface area contributed by atoms with Crippen molar-refractivity contribution in [3.8, 4) is 0 Å². The first-order valence-corrected chi connectivity index (χ1v) is 7.83. The molecule has 0 saturated carbocycles. The number of aromatic nitrogens is 3. The molecule has 1 N–H and O–H groups in total. The Bertz CT molecular complexity index is 635. The van der Waals surface area contributed by atoms with E-state index in [-0.39, 0.29) is 10.6 Å². The van der Waals surface area contributed by atoms with Crippen LogP contribution in [0.3, 0.4) is 0 Å². The standard InChI is InChI=1S/C13H19N5O2S/c1-4-10-12(18(19)20)11(5-2)17(16-10)8-9-7-15-13(21-9)14-6-3/h7H,4-6,8H2,1-3H3,(H,14,15). The van der Waals surface area contributed by atoms with Crippen LogP contribution in [0.15, 0.2) is 6.20 Å². The highest BCUT2D eigenvalue weighted by molar-refractivity contribution is 7.15. The van der Waals surface area contributed by atoms with E-state index in [4.69, 9.17) is 0 Å². The third-order valence-electron chi connectivity index (χ3n) is 3.14. The molecule has 0 atom stereocenters. The van der Waals surface area contributed by atoms with Crippen molar-refractivity contribution >= 4 is 22.2 Å². The van der Waals surface area contributed by atoms with E-state index in [1.165, 1.54) is 0 Å². The lowest BCUT2D eigenvalue weighted by atomic mass is 10.2. The molecule has 2 heterocycles. The van der Waals surface area contributed by atoms with Crippen LogP contribution < -0.4 is 5.32 Å². The Morgan fingerprint density at radius 3 is 2.71 bits per heavy atom. The minimum Gasteiger partial charge on any atom is -0.362 e. The van der Waals surface area contributed by atoms with Crippen LogP contribution in [0.5, 0.6) is 0 Å². The molecule has 0 bridgehead atoms. The molecule has 0 saturated heterocycles. The molecule has 0 aromatic carbocycles. The molecule has 0 unspecified atom stereocenters. The molecule has 7 nitrogen and oxygen atoms in total. The number of hydrogen-bond donors (Lipinski definition) is 1. The third kappa shape index (κ3) is 3.21. The zero-order valence-corrected chi connectivity index (χ0v) is 13.2. The first-order valence-electron chi connectivity index (χ1n) is 7.02. The van der Waals surface area contributed by atoms with Crippen molar-refractivity contribution in [2.24, 2.45) is 0 Å². The highest BCUT2D eigenvalue weighted by Crippen LogP contribution is 2.27. The number of rotatable bonds is 7. The van der Waals surface area contributed by atoms with Gasteiger partial charge in [-0.2, -0.15) is 5.10 Å². The van der Waals surface area contributed by atoms with E-state index in [0.717, 1.165) is 16.6 Å². The lowest BCUT2D eigenvalue weighted by molar-refractivity contribution is -0.386. The zero-order valence-electron chi connectivity index (χ0n) is 12.4. The number of nitrogens with zero attached hydrogens (tertiary/aromatic N) is 4. The first-order chi connectivity index (χ1) is 10.1. The molecule has 0 aliphatic heterocycles. The lowest BCUT2D eigenvalue weighted by Crippen LogP contribution is -2.05. The second kappa shape index (κ2) is 6.66. The fraction of sp³-hybridized carbons (Fsp3) is 0.538. The molecule has 8 heteroatoms. The second-order valence-corrected chi connectivity index (χ2v) is 5.64. The quantitative estimate of drug-likeness (QED) is 0.628. The van der Waals surface area contributed by atoms with Gasteiger partial charge in [0.2, 0.25) is 0 Å². The van der Waals surface area contributed by atoms with Gasteiger partial charge in [0.25, 0.3) is 0 Å². The Labute approximate surface area is 127 Å². The van der Waals surface area contributed by atoms with Gasteiger partial charge in [0.05, 0.1) is 11.5 Å². The lowest BCUT2D eigenvalue weighted by Gasteiger charge is -2.02. The van der Waals surface area contributed by atoms with Crippen LogP contribution in [0.4, 0.5) is 10.8 Å². The summed E-state index contributed by atoms with van der Waals surface area (Å²) in [7, 11) is 0. The summed E-state index contributed by atoms with van der Waals surface area (Å²) in [4.78, 5) is 16.2. The average molecular weight is 309 g/mol. The summed E-state index contributed by atoms with van der Waals surface area (Å²) in [5.74, 6) is 0. The Morgan fingerprint density at radius 2 is 2.14 bits per heavy atom. The van der Waals surface area contributed by atoms with Gasteiger partial charge in [-0.25, -0.2) is 4.98 Å². The monoisotopic (exact) mass is 309 g/mol. The fourth-order valence-electron chi connectivity index (χ4n) is 2.23. The number of anilines is 1. The Morgan fingerprint density at radius 1 is 1.38 bits per heavy atom. The third-order valence-corrected chi connectivity index (χ3v) is 4.08. The molecule has 2 aromatic heterocycles. The van der Waals surface area contributed by atoms with Crippen molar-refractivity contribution in [3.63, 3.8) is 0 Å². The maximum absolute atomic E-state index is 11.2. The molecule has 0 radical (unpaired) electrons. The van der Waals surface area contributed by atoms with Crippen molar-refractivity contribution in [2.75, 3.05) is 11.9 Å². The molecular weight excluding hydrogens is 290 g/mol. The van der Waals surface area contributed by atoms with E-state index in [2.05, 4.69) is 15.4 Å². The summed E-state index contributed by atoms with van der Waals surface area (Å²) in [6.07, 6.45) is 2.94. The molecule has 0 aliphatic carbocycles. The van der Waals surface area contributed by atoms with E-state index in [9.17, 15) is 10.1 Å². The Hall–Kier alpha value is -1.96. The van der Waals surface area contributed by atoms with Gasteiger partial charge in [0.15, 0.2) is 5.13 Å². The van der Waals surface area contributed by atoms with Gasteiger partial charge in [-0.05, 0) is 19.8 Å². The van der Waals surface area contributed by atoms with Gasteiger partial charge in [0.1, 0.15) is 11.4 Å². The second-order valence-electron chi connectivity index (χ2n) is 4.53. The topological polar surface area (TPSA) is 85.9 Å². The van der Waals surface area contributed by atoms with Crippen molar-refractivity contribution in [3.05, 3.63) is 32.6 Å². The summed E-state index contributed by atoms with van der Waals surface area (Å²) >= 11 is 1.55. The van der Waals surface area contributed by atoms with E-state index in [0.29, 0.717) is 30.8 Å². The van der Waals surface area contributed by atoms with Crippen LogP contribution >= 0.6 is 11.3 Å². The molecule has 0 aliphatic rings. The average Bonchev–Trinajstić information content (AvgIpc) is 3.03. The number of aryl methyl sites for hydroxylation is 1. The molecule has 114 valence electrons. The molecule has 2 aromatic rings. The summed E-state index contributed by atoms with van der Waals surface area (Å²) < 4.78 is 1.74. The first kappa shape index (κ1) is 15.4. The van der Waals surface area contributed by atoms with Gasteiger partial charge < -0.3 is 5.32 Å². The van der Waals surface area contributed by atoms with Gasteiger partial charge in [-0.1, -0.05) is 13.8 Å². The minimum atomic E-state index is -0.322. The highest BCUT2D eigenvalue weighted by Gasteiger charge is 2.25. The highest BCUT2D eigenvalue weighted by atomic mass is 32.1. The molecule has 21 heavy (non-hydrogen) atoms. The zero-order chi connectivity index (χ0) is 15.4. The van der Waals surface area contributed by atoms with Crippen LogP contribution in [0, 0.1) is 10.1 Å². The van der Waals surface area contributed by atoms with Crippen LogP contribution in [0.2, 0.25) is 0 Å². The van der Waals surface area contributed by atoms with Crippen molar-refractivity contribution < 1.29 is 4.92 Å². The number of thiazole rings is 1. The Kier molecular flexibility index (Phi) is 4.89. The predicted octanol–water partition coefficient (Wildman–Crippen LogP) is 2.85. The normalized spacial score (nSPS) is 10.8. The number of nitro groups is 1. The van der Waals surface area contributed by atoms with Crippen LogP contribution in [0.25, 0.3) is 0 Å². The van der Waals surface area contributed by atoms with Crippen molar-refractivity contribution in [1.29, 1.82) is 0 Å². The van der Waals surface area contributed by atoms with Crippen molar-refractivity contribution in [1.82, 2.24) is 14.8 Å². The Balaban J connectivity index is 2.32. The van der Waals surface area contributed by atoms with Crippen LogP contribution in [0.1, 0.15) is 37.0 Å². The smallest absolute Gasteiger partial charge is 0.313 e. The van der Waals surface area contributed by atoms with Crippen LogP contribution in [-0.2, 0) is 19.4 Å². The van der Waals surface area contributed by atoms with E-state index in [1.807, 2.05) is 20.8 Å². The van der Waals surface area contributed by atoms with Crippen molar-refractivity contribution in [2.45, 2.75) is 40.2 Å². The van der Waals surface area contributed by atoms with Crippen LogP contribution in [-0.4, -0.2) is 26.2 Å². The molecule has 0 spiro atoms. The van der Waals surface area contributed by atoms with Gasteiger partial charge in [-0.3, -0.25) is 14.8 Å². The van der Waals surface area contributed by atoms with Gasteiger partial charge in [-0.15, -0.1) is 11.3 Å². The summed E-state index contributed by atoms with van der Waals surface area (Å²) in [6, 6.07) is 0. The van der Waals surface area contributed by atoms with Gasteiger partial charge in [0, 0.05) is 17.6 Å². The predicted molar refractivity (Wildman–Crippen MR) is 83.0 cm³/mol. The fourth-order valence-corrected chi connectivity index (χ4v) is 3.10. The maximum atomic E-state index is 11.2. The molecular formula is C13H19N5O2S.